The number of carbonyl (C=O) groups excluding carboxylic acids is 1. The van der Waals surface area contributed by atoms with Crippen molar-refractivity contribution in [1.82, 2.24) is 4.90 Å². The van der Waals surface area contributed by atoms with Crippen molar-refractivity contribution in [3.05, 3.63) is 28.7 Å². The molecule has 1 unspecified atom stereocenters. The SMILES string of the molecule is CC(CN)N(C)C(=O)CCCOc1ccccc1Br. The highest BCUT2D eigenvalue weighted by Crippen LogP contribution is 2.23. The molecule has 1 aromatic rings. The summed E-state index contributed by atoms with van der Waals surface area (Å²) >= 11 is 3.41. The predicted molar refractivity (Wildman–Crippen MR) is 80.2 cm³/mol. The molecule has 0 aliphatic rings. The lowest BCUT2D eigenvalue weighted by molar-refractivity contribution is -0.131. The van der Waals surface area contributed by atoms with E-state index in [-0.39, 0.29) is 11.9 Å². The van der Waals surface area contributed by atoms with Gasteiger partial charge in [0.1, 0.15) is 5.75 Å². The molecule has 0 saturated heterocycles. The molecule has 0 spiro atoms. The lowest BCUT2D eigenvalue weighted by Crippen LogP contribution is -2.39. The van der Waals surface area contributed by atoms with E-state index in [4.69, 9.17) is 10.5 Å². The zero-order valence-corrected chi connectivity index (χ0v) is 13.0. The monoisotopic (exact) mass is 328 g/mol. The molecule has 1 rings (SSSR count). The van der Waals surface area contributed by atoms with Crippen LogP contribution in [0.5, 0.6) is 5.75 Å². The van der Waals surface area contributed by atoms with Gasteiger partial charge in [0.15, 0.2) is 0 Å². The Balaban J connectivity index is 2.28. The second-order valence-electron chi connectivity index (χ2n) is 4.47. The molecule has 1 atom stereocenters. The molecule has 0 fully saturated rings. The first-order chi connectivity index (χ1) is 9.06. The second kappa shape index (κ2) is 8.17. The summed E-state index contributed by atoms with van der Waals surface area (Å²) in [7, 11) is 1.79. The third-order valence-electron chi connectivity index (χ3n) is 3.02. The highest BCUT2D eigenvalue weighted by atomic mass is 79.9. The average molecular weight is 329 g/mol. The lowest BCUT2D eigenvalue weighted by atomic mass is 10.2. The summed E-state index contributed by atoms with van der Waals surface area (Å²) in [6.07, 6.45) is 1.17. The molecule has 2 N–H and O–H groups in total. The van der Waals surface area contributed by atoms with E-state index in [0.29, 0.717) is 26.0 Å². The van der Waals surface area contributed by atoms with Crippen LogP contribution in [0.15, 0.2) is 28.7 Å². The summed E-state index contributed by atoms with van der Waals surface area (Å²) in [4.78, 5) is 13.5. The molecule has 4 nitrogen and oxygen atoms in total. The molecule has 0 radical (unpaired) electrons. The first-order valence-corrected chi connectivity index (χ1v) is 7.18. The van der Waals surface area contributed by atoms with Crippen LogP contribution in [-0.2, 0) is 4.79 Å². The maximum atomic E-state index is 11.8. The minimum atomic E-state index is 0.0803. The van der Waals surface area contributed by atoms with Gasteiger partial charge in [0.25, 0.3) is 0 Å². The smallest absolute Gasteiger partial charge is 0.222 e. The number of ether oxygens (including phenoxy) is 1. The number of likely N-dealkylation sites (N-methyl/N-ethyl adjacent to an activating group) is 1. The van der Waals surface area contributed by atoms with E-state index in [2.05, 4.69) is 15.9 Å². The van der Waals surface area contributed by atoms with E-state index >= 15 is 0 Å². The fourth-order valence-electron chi connectivity index (χ4n) is 1.55. The Labute approximate surface area is 123 Å². The zero-order valence-electron chi connectivity index (χ0n) is 11.4. The van der Waals surface area contributed by atoms with Gasteiger partial charge in [0.2, 0.25) is 5.91 Å². The summed E-state index contributed by atoms with van der Waals surface area (Å²) < 4.78 is 6.54. The van der Waals surface area contributed by atoms with Gasteiger partial charge in [0, 0.05) is 26.1 Å². The Morgan fingerprint density at radius 1 is 1.47 bits per heavy atom. The standard InChI is InChI=1S/C14H21BrN2O2/c1-11(10-16)17(2)14(18)8-5-9-19-13-7-4-3-6-12(13)15/h3-4,6-7,11H,5,8-10,16H2,1-2H3. The van der Waals surface area contributed by atoms with Crippen LogP contribution < -0.4 is 10.5 Å². The molecule has 1 amide bonds. The number of rotatable bonds is 7. The van der Waals surface area contributed by atoms with Gasteiger partial charge < -0.3 is 15.4 Å². The Morgan fingerprint density at radius 2 is 2.16 bits per heavy atom. The summed E-state index contributed by atoms with van der Waals surface area (Å²) in [6.45, 7) is 2.95. The van der Waals surface area contributed by atoms with Crippen molar-refractivity contribution in [1.29, 1.82) is 0 Å². The lowest BCUT2D eigenvalue weighted by Gasteiger charge is -2.23. The van der Waals surface area contributed by atoms with Crippen LogP contribution in [-0.4, -0.2) is 37.0 Å². The van der Waals surface area contributed by atoms with Gasteiger partial charge in [-0.3, -0.25) is 4.79 Å². The quantitative estimate of drug-likeness (QED) is 0.782. The van der Waals surface area contributed by atoms with Gasteiger partial charge in [-0.05, 0) is 41.4 Å². The summed E-state index contributed by atoms with van der Waals surface area (Å²) in [5.74, 6) is 0.910. The summed E-state index contributed by atoms with van der Waals surface area (Å²) in [6, 6.07) is 7.76. The minimum absolute atomic E-state index is 0.0803. The van der Waals surface area contributed by atoms with Crippen LogP contribution >= 0.6 is 15.9 Å². The Morgan fingerprint density at radius 3 is 2.79 bits per heavy atom. The molecule has 1 aromatic carbocycles. The number of hydrogen-bond acceptors (Lipinski definition) is 3. The normalized spacial score (nSPS) is 12.0. The van der Waals surface area contributed by atoms with Crippen LogP contribution in [0.25, 0.3) is 0 Å². The van der Waals surface area contributed by atoms with Crippen LogP contribution in [0.2, 0.25) is 0 Å². The number of carbonyl (C=O) groups is 1. The van der Waals surface area contributed by atoms with Crippen molar-refractivity contribution in [2.45, 2.75) is 25.8 Å². The summed E-state index contributed by atoms with van der Waals surface area (Å²) in [5, 5.41) is 0. The summed E-state index contributed by atoms with van der Waals surface area (Å²) in [5.41, 5.74) is 5.53. The first kappa shape index (κ1) is 16.0. The zero-order chi connectivity index (χ0) is 14.3. The number of para-hydroxylation sites is 1. The van der Waals surface area contributed by atoms with Crippen molar-refractivity contribution >= 4 is 21.8 Å². The number of nitrogens with zero attached hydrogens (tertiary/aromatic N) is 1. The van der Waals surface area contributed by atoms with Gasteiger partial charge >= 0.3 is 0 Å². The van der Waals surface area contributed by atoms with Gasteiger partial charge in [-0.2, -0.15) is 0 Å². The minimum Gasteiger partial charge on any atom is -0.492 e. The van der Waals surface area contributed by atoms with Crippen molar-refractivity contribution in [2.24, 2.45) is 5.73 Å². The molecule has 0 aromatic heterocycles. The predicted octanol–water partition coefficient (Wildman–Crippen LogP) is 2.41. The molecule has 0 bridgehead atoms. The maximum Gasteiger partial charge on any atom is 0.222 e. The molecule has 106 valence electrons. The Kier molecular flexibility index (Phi) is 6.87. The molecule has 5 heteroatoms. The average Bonchev–Trinajstić information content (AvgIpc) is 2.43. The topological polar surface area (TPSA) is 55.6 Å². The Hall–Kier alpha value is -1.07. The number of amides is 1. The molecular formula is C14H21BrN2O2. The van der Waals surface area contributed by atoms with Crippen LogP contribution in [0.1, 0.15) is 19.8 Å². The van der Waals surface area contributed by atoms with Crippen molar-refractivity contribution in [3.8, 4) is 5.75 Å². The molecule has 0 saturated carbocycles. The maximum absolute atomic E-state index is 11.8. The number of benzene rings is 1. The largest absolute Gasteiger partial charge is 0.492 e. The fourth-order valence-corrected chi connectivity index (χ4v) is 1.95. The highest BCUT2D eigenvalue weighted by Gasteiger charge is 2.13. The van der Waals surface area contributed by atoms with Crippen molar-refractivity contribution in [2.75, 3.05) is 20.2 Å². The Bertz CT molecular complexity index is 412. The third-order valence-corrected chi connectivity index (χ3v) is 3.68. The third kappa shape index (κ3) is 5.20. The van der Waals surface area contributed by atoms with Gasteiger partial charge in [-0.1, -0.05) is 12.1 Å². The molecule has 0 aliphatic heterocycles. The van der Waals surface area contributed by atoms with Crippen LogP contribution in [0.4, 0.5) is 0 Å². The molecule has 0 aliphatic carbocycles. The van der Waals surface area contributed by atoms with E-state index < -0.39 is 0 Å². The number of halogens is 1. The van der Waals surface area contributed by atoms with E-state index in [9.17, 15) is 4.79 Å². The van der Waals surface area contributed by atoms with Crippen LogP contribution in [0.3, 0.4) is 0 Å². The van der Waals surface area contributed by atoms with E-state index in [0.717, 1.165) is 10.2 Å². The van der Waals surface area contributed by atoms with Gasteiger partial charge in [0.05, 0.1) is 11.1 Å². The fraction of sp³-hybridized carbons (Fsp3) is 0.500. The number of nitrogens with two attached hydrogens (primary N) is 1. The van der Waals surface area contributed by atoms with Crippen molar-refractivity contribution < 1.29 is 9.53 Å². The first-order valence-electron chi connectivity index (χ1n) is 6.39. The second-order valence-corrected chi connectivity index (χ2v) is 5.33. The van der Waals surface area contributed by atoms with E-state index in [1.54, 1.807) is 11.9 Å². The highest BCUT2D eigenvalue weighted by molar-refractivity contribution is 9.10. The number of hydrogen-bond donors (Lipinski definition) is 1. The molecule has 0 heterocycles. The van der Waals surface area contributed by atoms with Gasteiger partial charge in [-0.25, -0.2) is 0 Å². The van der Waals surface area contributed by atoms with Gasteiger partial charge in [-0.15, -0.1) is 0 Å². The molecular weight excluding hydrogens is 308 g/mol. The van der Waals surface area contributed by atoms with Crippen LogP contribution in [0, 0.1) is 0 Å². The van der Waals surface area contributed by atoms with E-state index in [1.807, 2.05) is 31.2 Å². The van der Waals surface area contributed by atoms with Crippen molar-refractivity contribution in [3.63, 3.8) is 0 Å². The van der Waals surface area contributed by atoms with E-state index in [1.165, 1.54) is 0 Å². The molecule has 19 heavy (non-hydrogen) atoms.